The lowest BCUT2D eigenvalue weighted by Crippen LogP contribution is -2.44. The van der Waals surface area contributed by atoms with Crippen LogP contribution in [0.2, 0.25) is 18.1 Å². The van der Waals surface area contributed by atoms with Crippen LogP contribution in [0.5, 0.6) is 5.75 Å². The molecule has 0 N–H and O–H groups in total. The Hall–Kier alpha value is -1.73. The van der Waals surface area contributed by atoms with Crippen molar-refractivity contribution in [3.8, 4) is 18.1 Å². The van der Waals surface area contributed by atoms with Crippen LogP contribution in [0.1, 0.15) is 83.3 Å². The Balaban J connectivity index is 1.60. The van der Waals surface area contributed by atoms with E-state index in [-0.39, 0.29) is 10.5 Å². The third-order valence-corrected chi connectivity index (χ3v) is 14.1. The first kappa shape index (κ1) is 25.4. The molecule has 1 aromatic rings. The van der Waals surface area contributed by atoms with Gasteiger partial charge in [-0.2, -0.15) is 5.10 Å². The summed E-state index contributed by atoms with van der Waals surface area (Å²) in [5.41, 5.74) is 4.78. The van der Waals surface area contributed by atoms with Crippen molar-refractivity contribution < 1.29 is 4.43 Å². The van der Waals surface area contributed by atoms with E-state index in [1.807, 2.05) is 5.01 Å². The molecule has 4 rings (SSSR count). The van der Waals surface area contributed by atoms with E-state index in [9.17, 15) is 0 Å². The number of hydrogen-bond donors (Lipinski definition) is 0. The van der Waals surface area contributed by atoms with Gasteiger partial charge in [-0.25, -0.2) is 0 Å². The predicted octanol–water partition coefficient (Wildman–Crippen LogP) is 7.48. The number of terminal acetylenes is 1. The number of aryl methyl sites for hydroxylation is 1. The SMILES string of the molecule is C#CCC[C@@H]1C[C@H]2[C@@H]3CCc4cc(O[Si](C)(C)C(C)(C)C)ccc4[C@H]3CC[C@]2(C)C1=NN(C)C. The molecule has 0 radical (unpaired) electrons. The summed E-state index contributed by atoms with van der Waals surface area (Å²) in [6, 6.07) is 7.05. The highest BCUT2D eigenvalue weighted by molar-refractivity contribution is 6.74. The smallest absolute Gasteiger partial charge is 0.250 e. The monoisotopic (exact) mass is 478 g/mol. The van der Waals surface area contributed by atoms with E-state index >= 15 is 0 Å². The Labute approximate surface area is 209 Å². The molecule has 0 bridgehead atoms. The van der Waals surface area contributed by atoms with Crippen LogP contribution in [-0.4, -0.2) is 33.1 Å². The average molecular weight is 479 g/mol. The van der Waals surface area contributed by atoms with Gasteiger partial charge in [0.15, 0.2) is 0 Å². The normalized spacial score (nSPS) is 31.9. The molecule has 0 saturated heterocycles. The van der Waals surface area contributed by atoms with E-state index < -0.39 is 8.32 Å². The number of fused-ring (bicyclic) bond motifs is 5. The molecule has 3 aliphatic carbocycles. The highest BCUT2D eigenvalue weighted by Crippen LogP contribution is 2.61. The maximum absolute atomic E-state index is 6.66. The van der Waals surface area contributed by atoms with Gasteiger partial charge in [0.25, 0.3) is 0 Å². The van der Waals surface area contributed by atoms with Gasteiger partial charge in [0.05, 0.1) is 0 Å². The van der Waals surface area contributed by atoms with Crippen molar-refractivity contribution in [2.24, 2.45) is 28.3 Å². The van der Waals surface area contributed by atoms with E-state index in [0.29, 0.717) is 17.8 Å². The highest BCUT2D eigenvalue weighted by atomic mass is 28.4. The van der Waals surface area contributed by atoms with Crippen LogP contribution in [-0.2, 0) is 6.42 Å². The van der Waals surface area contributed by atoms with Gasteiger partial charge in [-0.1, -0.05) is 33.8 Å². The zero-order chi connectivity index (χ0) is 24.9. The number of nitrogens with zero attached hydrogens (tertiary/aromatic N) is 2. The topological polar surface area (TPSA) is 24.8 Å². The van der Waals surface area contributed by atoms with Crippen molar-refractivity contribution in [1.82, 2.24) is 5.01 Å². The van der Waals surface area contributed by atoms with Gasteiger partial charge in [0, 0.05) is 37.6 Å². The zero-order valence-corrected chi connectivity index (χ0v) is 23.9. The van der Waals surface area contributed by atoms with E-state index in [4.69, 9.17) is 16.0 Å². The minimum Gasteiger partial charge on any atom is -0.543 e. The summed E-state index contributed by atoms with van der Waals surface area (Å²) in [5, 5.41) is 7.31. The summed E-state index contributed by atoms with van der Waals surface area (Å²) in [5.74, 6) is 6.64. The van der Waals surface area contributed by atoms with Crippen LogP contribution in [0.15, 0.2) is 23.3 Å². The average Bonchev–Trinajstić information content (AvgIpc) is 3.02. The van der Waals surface area contributed by atoms with Gasteiger partial charge in [0.1, 0.15) is 5.75 Å². The predicted molar refractivity (Wildman–Crippen MR) is 147 cm³/mol. The number of benzene rings is 1. The van der Waals surface area contributed by atoms with E-state index in [2.05, 4.69) is 79.0 Å². The van der Waals surface area contributed by atoms with Crippen molar-refractivity contribution in [3.63, 3.8) is 0 Å². The van der Waals surface area contributed by atoms with Gasteiger partial charge in [0.2, 0.25) is 8.32 Å². The Morgan fingerprint density at radius 2 is 1.97 bits per heavy atom. The van der Waals surface area contributed by atoms with Crippen LogP contribution in [0.25, 0.3) is 0 Å². The molecule has 2 fully saturated rings. The second-order valence-corrected chi connectivity index (χ2v) is 17.8. The summed E-state index contributed by atoms with van der Waals surface area (Å²) in [7, 11) is 2.30. The standard InChI is InChI=1S/C30H46N2OSi/c1-10-11-12-22-20-27-26-15-13-21-19-23(33-34(8,9)29(2,3)4)14-16-24(21)25(26)17-18-30(27,5)28(22)31-32(6)7/h1,14,16,19,22,25-27H,11-13,15,17-18,20H2,2-9H3/t22-,25-,26-,27+,30+/m1/s1. The van der Waals surface area contributed by atoms with Gasteiger partial charge in [-0.3, -0.25) is 0 Å². The van der Waals surface area contributed by atoms with Crippen molar-refractivity contribution in [1.29, 1.82) is 0 Å². The summed E-state index contributed by atoms with van der Waals surface area (Å²) in [6.07, 6.45) is 13.8. The van der Waals surface area contributed by atoms with Gasteiger partial charge in [-0.05, 0) is 97.7 Å². The molecule has 1 aromatic carbocycles. The minimum absolute atomic E-state index is 0.214. The third-order valence-electron chi connectivity index (χ3n) is 9.72. The summed E-state index contributed by atoms with van der Waals surface area (Å²) in [4.78, 5) is 0. The van der Waals surface area contributed by atoms with Crippen molar-refractivity contribution in [2.75, 3.05) is 14.1 Å². The van der Waals surface area contributed by atoms with Crippen LogP contribution >= 0.6 is 0 Å². The second-order valence-electron chi connectivity index (χ2n) is 13.1. The van der Waals surface area contributed by atoms with Gasteiger partial charge >= 0.3 is 0 Å². The van der Waals surface area contributed by atoms with Crippen LogP contribution in [0.4, 0.5) is 0 Å². The molecule has 3 nitrogen and oxygen atoms in total. The first-order chi connectivity index (χ1) is 15.9. The Morgan fingerprint density at radius 3 is 2.62 bits per heavy atom. The van der Waals surface area contributed by atoms with Crippen LogP contribution in [0.3, 0.4) is 0 Å². The number of hydrazone groups is 1. The first-order valence-corrected chi connectivity index (χ1v) is 16.3. The molecule has 2 saturated carbocycles. The largest absolute Gasteiger partial charge is 0.543 e. The minimum atomic E-state index is -1.82. The van der Waals surface area contributed by atoms with Crippen molar-refractivity contribution in [3.05, 3.63) is 29.3 Å². The summed E-state index contributed by atoms with van der Waals surface area (Å²) >= 11 is 0. The number of rotatable bonds is 5. The Kier molecular flexibility index (Phi) is 6.75. The fourth-order valence-corrected chi connectivity index (χ4v) is 7.97. The lowest BCUT2D eigenvalue weighted by molar-refractivity contribution is 0.0922. The molecule has 0 amide bonds. The Morgan fingerprint density at radius 1 is 1.24 bits per heavy atom. The Bertz CT molecular complexity index is 982. The molecule has 0 unspecified atom stereocenters. The quantitative estimate of drug-likeness (QED) is 0.249. The number of hydrogen-bond acceptors (Lipinski definition) is 3. The van der Waals surface area contributed by atoms with E-state index in [0.717, 1.165) is 24.5 Å². The molecule has 4 heteroatoms. The molecule has 0 aromatic heterocycles. The van der Waals surface area contributed by atoms with Crippen molar-refractivity contribution >= 4 is 14.0 Å². The maximum atomic E-state index is 6.66. The van der Waals surface area contributed by atoms with Crippen LogP contribution < -0.4 is 4.43 Å². The van der Waals surface area contributed by atoms with E-state index in [1.165, 1.54) is 43.4 Å². The molecule has 0 heterocycles. The molecule has 34 heavy (non-hydrogen) atoms. The zero-order valence-electron chi connectivity index (χ0n) is 22.9. The molecular formula is C30H46N2OSi. The van der Waals surface area contributed by atoms with Gasteiger partial charge < -0.3 is 9.43 Å². The molecule has 3 aliphatic rings. The fourth-order valence-electron chi connectivity index (χ4n) is 6.95. The molecule has 0 aliphatic heterocycles. The van der Waals surface area contributed by atoms with Gasteiger partial charge in [-0.15, -0.1) is 12.3 Å². The highest BCUT2D eigenvalue weighted by Gasteiger charge is 2.56. The van der Waals surface area contributed by atoms with Crippen molar-refractivity contribution in [2.45, 2.75) is 96.7 Å². The molecule has 186 valence electrons. The molecule has 0 spiro atoms. The summed E-state index contributed by atoms with van der Waals surface area (Å²) in [6.45, 7) is 14.1. The molecular weight excluding hydrogens is 432 g/mol. The lowest BCUT2D eigenvalue weighted by atomic mass is 9.55. The third kappa shape index (κ3) is 4.46. The summed E-state index contributed by atoms with van der Waals surface area (Å²) < 4.78 is 6.66. The second kappa shape index (κ2) is 9.05. The maximum Gasteiger partial charge on any atom is 0.250 e. The van der Waals surface area contributed by atoms with E-state index in [1.54, 1.807) is 5.56 Å². The fraction of sp³-hybridized carbons (Fsp3) is 0.700. The molecule has 5 atom stereocenters. The first-order valence-electron chi connectivity index (χ1n) is 13.4. The lowest BCUT2D eigenvalue weighted by Gasteiger charge is -2.49. The van der Waals surface area contributed by atoms with Crippen LogP contribution in [0, 0.1) is 35.5 Å².